The van der Waals surface area contributed by atoms with Gasteiger partial charge in [-0.25, -0.2) is 0 Å². The number of methoxy groups -OCH3 is 1. The molecule has 0 saturated heterocycles. The second kappa shape index (κ2) is 11.1. The van der Waals surface area contributed by atoms with Gasteiger partial charge in [-0.1, -0.05) is 18.2 Å². The van der Waals surface area contributed by atoms with Crippen molar-refractivity contribution in [3.05, 3.63) is 54.1 Å². The van der Waals surface area contributed by atoms with Crippen LogP contribution in [0.2, 0.25) is 0 Å². The van der Waals surface area contributed by atoms with E-state index < -0.39 is 0 Å². The zero-order valence-electron chi connectivity index (χ0n) is 16.3. The third kappa shape index (κ3) is 6.67. The highest BCUT2D eigenvalue weighted by atomic mass is 32.2. The van der Waals surface area contributed by atoms with Crippen LogP contribution in [0.3, 0.4) is 0 Å². The zero-order valence-corrected chi connectivity index (χ0v) is 17.1. The molecule has 0 aliphatic carbocycles. The summed E-state index contributed by atoms with van der Waals surface area (Å²) in [6.07, 6.45) is 3.72. The minimum absolute atomic E-state index is 0.0483. The fourth-order valence-electron chi connectivity index (χ4n) is 2.39. The lowest BCUT2D eigenvalue weighted by molar-refractivity contribution is -0.111. The first-order valence-corrected chi connectivity index (χ1v) is 9.94. The zero-order chi connectivity index (χ0) is 20.4. The van der Waals surface area contributed by atoms with Crippen molar-refractivity contribution in [2.45, 2.75) is 31.3 Å². The highest BCUT2D eigenvalue weighted by Crippen LogP contribution is 2.30. The quantitative estimate of drug-likeness (QED) is 0.361. The minimum atomic E-state index is -0.227. The van der Waals surface area contributed by atoms with Crippen molar-refractivity contribution < 1.29 is 14.3 Å². The van der Waals surface area contributed by atoms with E-state index in [9.17, 15) is 4.79 Å². The van der Waals surface area contributed by atoms with E-state index in [0.29, 0.717) is 23.7 Å². The highest BCUT2D eigenvalue weighted by Gasteiger charge is 2.08. The first-order valence-electron chi connectivity index (χ1n) is 8.96. The molecule has 1 N–H and O–H groups in total. The molecule has 0 saturated carbocycles. The summed E-state index contributed by atoms with van der Waals surface area (Å²) in [7, 11) is 1.59. The van der Waals surface area contributed by atoms with Crippen LogP contribution in [0.5, 0.6) is 11.5 Å². The number of rotatable bonds is 9. The summed E-state index contributed by atoms with van der Waals surface area (Å²) in [5, 5.41) is 11.6. The van der Waals surface area contributed by atoms with Crippen molar-refractivity contribution in [3.63, 3.8) is 0 Å². The van der Waals surface area contributed by atoms with E-state index in [-0.39, 0.29) is 12.0 Å². The Balaban J connectivity index is 2.05. The number of carbonyl (C=O) groups is 1. The van der Waals surface area contributed by atoms with Crippen molar-refractivity contribution in [2.75, 3.05) is 18.2 Å². The Morgan fingerprint density at radius 3 is 2.75 bits per heavy atom. The van der Waals surface area contributed by atoms with Gasteiger partial charge in [-0.2, -0.15) is 5.26 Å². The Morgan fingerprint density at radius 2 is 2.04 bits per heavy atom. The maximum atomic E-state index is 12.3. The standard InChI is InChI=1S/C22H24N2O3S/c1-16(2)27-19-11-9-17(15-20(19)26-3)10-12-22(25)24-18-7-4-5-8-21(18)28-14-6-13-23/h4-5,7-12,15-16H,6,14H2,1-3H3,(H,24,25). The van der Waals surface area contributed by atoms with Crippen molar-refractivity contribution >= 4 is 29.4 Å². The molecule has 28 heavy (non-hydrogen) atoms. The Morgan fingerprint density at radius 1 is 1.25 bits per heavy atom. The number of anilines is 1. The molecule has 0 fully saturated rings. The van der Waals surface area contributed by atoms with Crippen LogP contribution < -0.4 is 14.8 Å². The summed E-state index contributed by atoms with van der Waals surface area (Å²) in [6, 6.07) is 15.2. The van der Waals surface area contributed by atoms with E-state index in [4.69, 9.17) is 14.7 Å². The first kappa shape index (κ1) is 21.4. The molecule has 0 heterocycles. The number of nitrogens with zero attached hydrogens (tertiary/aromatic N) is 1. The van der Waals surface area contributed by atoms with Crippen LogP contribution in [-0.2, 0) is 4.79 Å². The second-order valence-corrected chi connectivity index (χ2v) is 7.29. The van der Waals surface area contributed by atoms with Gasteiger partial charge in [0.1, 0.15) is 0 Å². The summed E-state index contributed by atoms with van der Waals surface area (Å²) < 4.78 is 11.1. The predicted molar refractivity (Wildman–Crippen MR) is 114 cm³/mol. The Kier molecular flexibility index (Phi) is 8.44. The van der Waals surface area contributed by atoms with Crippen molar-refractivity contribution in [3.8, 4) is 17.6 Å². The molecule has 2 aromatic carbocycles. The molecule has 6 heteroatoms. The molecular weight excluding hydrogens is 372 g/mol. The van der Waals surface area contributed by atoms with Gasteiger partial charge in [-0.3, -0.25) is 4.79 Å². The van der Waals surface area contributed by atoms with Gasteiger partial charge >= 0.3 is 0 Å². The largest absolute Gasteiger partial charge is 0.493 e. The lowest BCUT2D eigenvalue weighted by Gasteiger charge is -2.13. The van der Waals surface area contributed by atoms with Gasteiger partial charge in [0.15, 0.2) is 11.5 Å². The summed E-state index contributed by atoms with van der Waals surface area (Å²) in [5.41, 5.74) is 1.57. The van der Waals surface area contributed by atoms with Gasteiger partial charge in [-0.15, -0.1) is 11.8 Å². The van der Waals surface area contributed by atoms with E-state index in [0.717, 1.165) is 16.1 Å². The molecule has 0 radical (unpaired) electrons. The fourth-order valence-corrected chi connectivity index (χ4v) is 3.25. The smallest absolute Gasteiger partial charge is 0.248 e. The number of benzene rings is 2. The summed E-state index contributed by atoms with van der Waals surface area (Å²) in [5.74, 6) is 1.75. The number of carbonyl (C=O) groups excluding carboxylic acids is 1. The Bertz CT molecular complexity index is 872. The number of nitrogens with one attached hydrogen (secondary N) is 1. The Labute approximate surface area is 170 Å². The number of para-hydroxylation sites is 1. The first-order chi connectivity index (χ1) is 13.5. The summed E-state index contributed by atoms with van der Waals surface area (Å²) in [6.45, 7) is 3.90. The van der Waals surface area contributed by atoms with Gasteiger partial charge in [0, 0.05) is 23.1 Å². The van der Waals surface area contributed by atoms with Crippen LogP contribution in [-0.4, -0.2) is 24.9 Å². The number of thioether (sulfide) groups is 1. The third-order valence-corrected chi connectivity index (χ3v) is 4.67. The molecule has 0 aliphatic rings. The van der Waals surface area contributed by atoms with E-state index in [1.165, 1.54) is 6.08 Å². The molecule has 0 aliphatic heterocycles. The number of ether oxygens (including phenoxy) is 2. The molecule has 5 nitrogen and oxygen atoms in total. The summed E-state index contributed by atoms with van der Waals surface area (Å²) in [4.78, 5) is 13.3. The third-order valence-electron chi connectivity index (χ3n) is 3.59. The van der Waals surface area contributed by atoms with E-state index in [1.54, 1.807) is 24.9 Å². The van der Waals surface area contributed by atoms with E-state index >= 15 is 0 Å². The molecular formula is C22H24N2O3S. The number of nitriles is 1. The lowest BCUT2D eigenvalue weighted by atomic mass is 10.2. The highest BCUT2D eigenvalue weighted by molar-refractivity contribution is 7.99. The molecule has 146 valence electrons. The van der Waals surface area contributed by atoms with Crippen LogP contribution in [0, 0.1) is 11.3 Å². The fraction of sp³-hybridized carbons (Fsp3) is 0.273. The number of hydrogen-bond donors (Lipinski definition) is 1. The maximum Gasteiger partial charge on any atom is 0.248 e. The number of hydrogen-bond acceptors (Lipinski definition) is 5. The Hall–Kier alpha value is -2.91. The lowest BCUT2D eigenvalue weighted by Crippen LogP contribution is -2.08. The van der Waals surface area contributed by atoms with Gasteiger partial charge in [0.25, 0.3) is 0 Å². The monoisotopic (exact) mass is 396 g/mol. The van der Waals surface area contributed by atoms with Crippen LogP contribution in [0.15, 0.2) is 53.4 Å². The summed E-state index contributed by atoms with van der Waals surface area (Å²) >= 11 is 1.55. The number of amides is 1. The van der Waals surface area contributed by atoms with Crippen molar-refractivity contribution in [2.24, 2.45) is 0 Å². The average Bonchev–Trinajstić information content (AvgIpc) is 2.68. The minimum Gasteiger partial charge on any atom is -0.493 e. The average molecular weight is 397 g/mol. The molecule has 1 amide bonds. The van der Waals surface area contributed by atoms with Crippen LogP contribution in [0.25, 0.3) is 6.08 Å². The van der Waals surface area contributed by atoms with Gasteiger partial charge in [0.05, 0.1) is 25.0 Å². The van der Waals surface area contributed by atoms with Gasteiger partial charge in [0.2, 0.25) is 5.91 Å². The topological polar surface area (TPSA) is 71.3 Å². The van der Waals surface area contributed by atoms with Crippen LogP contribution >= 0.6 is 11.8 Å². The van der Waals surface area contributed by atoms with Crippen molar-refractivity contribution in [1.29, 1.82) is 5.26 Å². The van der Waals surface area contributed by atoms with Crippen LogP contribution in [0.1, 0.15) is 25.8 Å². The molecule has 2 aromatic rings. The second-order valence-electron chi connectivity index (χ2n) is 6.15. The molecule has 0 aromatic heterocycles. The SMILES string of the molecule is COc1cc(C=CC(=O)Nc2ccccc2SCCC#N)ccc1OC(C)C. The van der Waals surface area contributed by atoms with E-state index in [2.05, 4.69) is 11.4 Å². The van der Waals surface area contributed by atoms with Crippen LogP contribution in [0.4, 0.5) is 5.69 Å². The maximum absolute atomic E-state index is 12.3. The van der Waals surface area contributed by atoms with Gasteiger partial charge < -0.3 is 14.8 Å². The molecule has 0 bridgehead atoms. The molecule has 0 unspecified atom stereocenters. The van der Waals surface area contributed by atoms with Crippen molar-refractivity contribution in [1.82, 2.24) is 0 Å². The molecule has 0 atom stereocenters. The molecule has 2 rings (SSSR count). The molecule has 0 spiro atoms. The van der Waals surface area contributed by atoms with E-state index in [1.807, 2.05) is 56.3 Å². The van der Waals surface area contributed by atoms with Gasteiger partial charge in [-0.05, 0) is 49.8 Å². The predicted octanol–water partition coefficient (Wildman–Crippen LogP) is 5.14. The normalized spacial score (nSPS) is 10.7.